The first-order chi connectivity index (χ1) is 10.6. The zero-order valence-electron chi connectivity index (χ0n) is 12.5. The Balaban J connectivity index is 2.10. The predicted octanol–water partition coefficient (Wildman–Crippen LogP) is 3.39. The van der Waals surface area contributed by atoms with E-state index in [1.54, 1.807) is 20.3 Å². The highest BCUT2D eigenvalue weighted by molar-refractivity contribution is 9.10. The highest BCUT2D eigenvalue weighted by Crippen LogP contribution is 2.28. The molecule has 116 valence electrons. The molecule has 0 atom stereocenters. The van der Waals surface area contributed by atoms with Gasteiger partial charge < -0.3 is 20.5 Å². The van der Waals surface area contributed by atoms with Crippen molar-refractivity contribution in [2.75, 3.05) is 19.5 Å². The van der Waals surface area contributed by atoms with Crippen LogP contribution in [0.15, 0.2) is 51.9 Å². The molecule has 22 heavy (non-hydrogen) atoms. The van der Waals surface area contributed by atoms with Gasteiger partial charge in [-0.15, -0.1) is 0 Å². The number of hydrogen-bond acceptors (Lipinski definition) is 3. The molecular formula is C16H18BrN3O2. The van der Waals surface area contributed by atoms with Crippen LogP contribution in [-0.2, 0) is 6.54 Å². The fraction of sp³-hybridized carbons (Fsp3) is 0.188. The highest BCUT2D eigenvalue weighted by Gasteiger charge is 2.06. The topological polar surface area (TPSA) is 68.9 Å². The van der Waals surface area contributed by atoms with Crippen LogP contribution in [0.5, 0.6) is 11.5 Å². The predicted molar refractivity (Wildman–Crippen MR) is 92.6 cm³/mol. The van der Waals surface area contributed by atoms with Crippen LogP contribution in [0.2, 0.25) is 0 Å². The summed E-state index contributed by atoms with van der Waals surface area (Å²) in [6, 6.07) is 13.4. The molecule has 6 heteroatoms. The van der Waals surface area contributed by atoms with Crippen LogP contribution < -0.4 is 20.5 Å². The Kier molecular flexibility index (Phi) is 5.66. The maximum atomic E-state index is 5.94. The summed E-state index contributed by atoms with van der Waals surface area (Å²) in [5.41, 5.74) is 7.71. The normalized spacial score (nSPS) is 11.1. The Labute approximate surface area is 138 Å². The molecule has 0 aliphatic rings. The van der Waals surface area contributed by atoms with Crippen LogP contribution in [0.4, 0.5) is 5.69 Å². The van der Waals surface area contributed by atoms with Crippen LogP contribution in [0.1, 0.15) is 5.56 Å². The number of guanidine groups is 1. The van der Waals surface area contributed by atoms with Gasteiger partial charge in [-0.05, 0) is 29.8 Å². The lowest BCUT2D eigenvalue weighted by Crippen LogP contribution is -2.23. The standard InChI is InChI=1S/C16H18BrN3O2/c1-21-13-6-7-15(22-2)14(9-13)20-16(18)19-10-11-4-3-5-12(17)8-11/h3-9H,10H2,1-2H3,(H3,18,19,20). The van der Waals surface area contributed by atoms with Crippen molar-refractivity contribution in [3.8, 4) is 11.5 Å². The fourth-order valence-electron chi connectivity index (χ4n) is 1.90. The fourth-order valence-corrected chi connectivity index (χ4v) is 2.35. The van der Waals surface area contributed by atoms with Gasteiger partial charge in [0, 0.05) is 10.5 Å². The number of nitrogens with zero attached hydrogens (tertiary/aromatic N) is 1. The molecule has 0 aromatic heterocycles. The van der Waals surface area contributed by atoms with Crippen LogP contribution in [-0.4, -0.2) is 20.2 Å². The molecule has 0 aliphatic carbocycles. The van der Waals surface area contributed by atoms with Gasteiger partial charge >= 0.3 is 0 Å². The van der Waals surface area contributed by atoms with Crippen molar-refractivity contribution < 1.29 is 9.47 Å². The molecule has 0 heterocycles. The zero-order valence-corrected chi connectivity index (χ0v) is 14.1. The van der Waals surface area contributed by atoms with Crippen molar-refractivity contribution in [2.45, 2.75) is 6.54 Å². The maximum absolute atomic E-state index is 5.94. The van der Waals surface area contributed by atoms with Crippen LogP contribution in [0.3, 0.4) is 0 Å². The van der Waals surface area contributed by atoms with Gasteiger partial charge in [-0.25, -0.2) is 4.99 Å². The van der Waals surface area contributed by atoms with E-state index in [4.69, 9.17) is 15.2 Å². The third-order valence-corrected chi connectivity index (χ3v) is 3.48. The van der Waals surface area contributed by atoms with E-state index in [0.717, 1.165) is 10.0 Å². The smallest absolute Gasteiger partial charge is 0.193 e. The second-order valence-electron chi connectivity index (χ2n) is 4.52. The minimum absolute atomic E-state index is 0.312. The number of anilines is 1. The molecule has 5 nitrogen and oxygen atoms in total. The number of rotatable bonds is 5. The lowest BCUT2D eigenvalue weighted by Gasteiger charge is -2.12. The Hall–Kier alpha value is -2.21. The number of hydrogen-bond donors (Lipinski definition) is 2. The summed E-state index contributed by atoms with van der Waals surface area (Å²) in [6.07, 6.45) is 0. The van der Waals surface area contributed by atoms with Gasteiger partial charge in [0.1, 0.15) is 11.5 Å². The van der Waals surface area contributed by atoms with Gasteiger partial charge in [0.25, 0.3) is 0 Å². The van der Waals surface area contributed by atoms with Crippen LogP contribution >= 0.6 is 15.9 Å². The van der Waals surface area contributed by atoms with Crippen molar-refractivity contribution in [1.29, 1.82) is 0 Å². The molecule has 0 saturated heterocycles. The number of nitrogens with two attached hydrogens (primary N) is 1. The van der Waals surface area contributed by atoms with E-state index < -0.39 is 0 Å². The van der Waals surface area contributed by atoms with E-state index in [2.05, 4.69) is 26.2 Å². The van der Waals surface area contributed by atoms with E-state index >= 15 is 0 Å². The van der Waals surface area contributed by atoms with E-state index in [1.807, 2.05) is 36.4 Å². The Morgan fingerprint density at radius 2 is 2.00 bits per heavy atom. The molecular weight excluding hydrogens is 346 g/mol. The van der Waals surface area contributed by atoms with Gasteiger partial charge in [-0.3, -0.25) is 0 Å². The molecule has 0 spiro atoms. The average molecular weight is 364 g/mol. The minimum Gasteiger partial charge on any atom is -0.497 e. The molecule has 0 bridgehead atoms. The van der Waals surface area contributed by atoms with Crippen LogP contribution in [0, 0.1) is 0 Å². The van der Waals surface area contributed by atoms with Gasteiger partial charge in [0.2, 0.25) is 0 Å². The molecule has 2 rings (SSSR count). The van der Waals surface area contributed by atoms with Crippen molar-refractivity contribution in [3.05, 3.63) is 52.5 Å². The first kappa shape index (κ1) is 16.2. The van der Waals surface area contributed by atoms with E-state index in [-0.39, 0.29) is 0 Å². The minimum atomic E-state index is 0.312. The van der Waals surface area contributed by atoms with Crippen molar-refractivity contribution >= 4 is 27.6 Å². The second kappa shape index (κ2) is 7.70. The highest BCUT2D eigenvalue weighted by atomic mass is 79.9. The summed E-state index contributed by atoms with van der Waals surface area (Å²) >= 11 is 3.43. The number of ether oxygens (including phenoxy) is 2. The average Bonchev–Trinajstić information content (AvgIpc) is 2.53. The number of nitrogens with one attached hydrogen (secondary N) is 1. The molecule has 3 N–H and O–H groups in total. The molecule has 0 fully saturated rings. The first-order valence-electron chi connectivity index (χ1n) is 6.66. The SMILES string of the molecule is COc1ccc(OC)c(NC(N)=NCc2cccc(Br)c2)c1. The second-order valence-corrected chi connectivity index (χ2v) is 5.44. The molecule has 0 amide bonds. The molecule has 0 aliphatic heterocycles. The summed E-state index contributed by atoms with van der Waals surface area (Å²) in [5, 5.41) is 3.03. The van der Waals surface area contributed by atoms with Gasteiger partial charge in [-0.2, -0.15) is 0 Å². The van der Waals surface area contributed by atoms with Gasteiger partial charge in [0.05, 0.1) is 26.5 Å². The molecule has 2 aromatic rings. The Morgan fingerprint density at radius 3 is 2.68 bits per heavy atom. The number of aliphatic imine (C=N–C) groups is 1. The lowest BCUT2D eigenvalue weighted by molar-refractivity contribution is 0.405. The van der Waals surface area contributed by atoms with E-state index in [1.165, 1.54) is 0 Å². The summed E-state index contributed by atoms with van der Waals surface area (Å²) in [4.78, 5) is 4.33. The van der Waals surface area contributed by atoms with Crippen molar-refractivity contribution in [2.24, 2.45) is 10.7 Å². The van der Waals surface area contributed by atoms with Crippen LogP contribution in [0.25, 0.3) is 0 Å². The molecule has 0 radical (unpaired) electrons. The summed E-state index contributed by atoms with van der Waals surface area (Å²) in [6.45, 7) is 0.491. The lowest BCUT2D eigenvalue weighted by atomic mass is 10.2. The largest absolute Gasteiger partial charge is 0.497 e. The number of benzene rings is 2. The molecule has 0 saturated carbocycles. The number of halogens is 1. The summed E-state index contributed by atoms with van der Waals surface area (Å²) in [7, 11) is 3.21. The summed E-state index contributed by atoms with van der Waals surface area (Å²) < 4.78 is 11.5. The molecule has 0 unspecified atom stereocenters. The van der Waals surface area contributed by atoms with E-state index in [0.29, 0.717) is 29.7 Å². The number of methoxy groups -OCH3 is 2. The quantitative estimate of drug-likeness (QED) is 0.630. The first-order valence-corrected chi connectivity index (χ1v) is 7.45. The van der Waals surface area contributed by atoms with Crippen molar-refractivity contribution in [3.63, 3.8) is 0 Å². The zero-order chi connectivity index (χ0) is 15.9. The van der Waals surface area contributed by atoms with Gasteiger partial charge in [0.15, 0.2) is 5.96 Å². The summed E-state index contributed by atoms with van der Waals surface area (Å²) in [5.74, 6) is 1.69. The maximum Gasteiger partial charge on any atom is 0.193 e. The monoisotopic (exact) mass is 363 g/mol. The van der Waals surface area contributed by atoms with E-state index in [9.17, 15) is 0 Å². The van der Waals surface area contributed by atoms with Gasteiger partial charge in [-0.1, -0.05) is 28.1 Å². The molecule has 2 aromatic carbocycles. The third-order valence-electron chi connectivity index (χ3n) is 2.99. The Morgan fingerprint density at radius 1 is 1.18 bits per heavy atom. The van der Waals surface area contributed by atoms with Crippen molar-refractivity contribution in [1.82, 2.24) is 0 Å². The Bertz CT molecular complexity index is 674. The third kappa shape index (κ3) is 4.39.